The number of carbonyl (C=O) groups is 2. The van der Waals surface area contributed by atoms with Crippen LogP contribution in [-0.4, -0.2) is 44.3 Å². The number of rotatable bonds is 10. The van der Waals surface area contributed by atoms with E-state index in [4.69, 9.17) is 23.2 Å². The Kier molecular flexibility index (Phi) is 10.0. The second-order valence-corrected chi connectivity index (χ2v) is 12.1. The zero-order valence-electron chi connectivity index (χ0n) is 22.7. The molecule has 2 amide bonds. The summed E-state index contributed by atoms with van der Waals surface area (Å²) >= 11 is 12.8. The van der Waals surface area contributed by atoms with Gasteiger partial charge < -0.3 is 10.2 Å². The molecule has 0 aliphatic rings. The molecule has 0 saturated heterocycles. The van der Waals surface area contributed by atoms with Crippen molar-refractivity contribution in [1.82, 2.24) is 10.2 Å². The van der Waals surface area contributed by atoms with Crippen LogP contribution in [0.4, 0.5) is 5.69 Å². The van der Waals surface area contributed by atoms with Gasteiger partial charge in [-0.3, -0.25) is 13.9 Å². The van der Waals surface area contributed by atoms with E-state index in [9.17, 15) is 18.0 Å². The van der Waals surface area contributed by atoms with Gasteiger partial charge in [0.05, 0.1) is 10.6 Å². The summed E-state index contributed by atoms with van der Waals surface area (Å²) in [6.07, 6.45) is 0. The maximum atomic E-state index is 14.0. The molecule has 39 heavy (non-hydrogen) atoms. The maximum absolute atomic E-state index is 14.0. The smallest absolute Gasteiger partial charge is 0.264 e. The number of hydrogen-bond acceptors (Lipinski definition) is 4. The number of nitrogens with one attached hydrogen (secondary N) is 1. The summed E-state index contributed by atoms with van der Waals surface area (Å²) in [5.41, 5.74) is 3.38. The van der Waals surface area contributed by atoms with Crippen LogP contribution in [0.1, 0.15) is 36.1 Å². The number of sulfonamides is 1. The van der Waals surface area contributed by atoms with Crippen LogP contribution in [0.3, 0.4) is 0 Å². The second kappa shape index (κ2) is 12.9. The zero-order chi connectivity index (χ0) is 28.9. The molecule has 3 aromatic carbocycles. The normalized spacial score (nSPS) is 12.1. The summed E-state index contributed by atoms with van der Waals surface area (Å²) in [5.74, 6) is -0.964. The highest BCUT2D eigenvalue weighted by Gasteiger charge is 2.33. The highest BCUT2D eigenvalue weighted by Crippen LogP contribution is 2.30. The predicted molar refractivity (Wildman–Crippen MR) is 157 cm³/mol. The Hall–Kier alpha value is -3.07. The fraction of sp³-hybridized carbons (Fsp3) is 0.310. The van der Waals surface area contributed by atoms with Gasteiger partial charge in [0, 0.05) is 28.7 Å². The first-order valence-electron chi connectivity index (χ1n) is 12.5. The maximum Gasteiger partial charge on any atom is 0.264 e. The van der Waals surface area contributed by atoms with Gasteiger partial charge in [0.25, 0.3) is 10.0 Å². The van der Waals surface area contributed by atoms with Crippen molar-refractivity contribution < 1.29 is 18.0 Å². The van der Waals surface area contributed by atoms with Crippen LogP contribution in [0, 0.1) is 20.8 Å². The zero-order valence-corrected chi connectivity index (χ0v) is 25.0. The molecule has 208 valence electrons. The lowest BCUT2D eigenvalue weighted by atomic mass is 10.1. The summed E-state index contributed by atoms with van der Waals surface area (Å²) in [6.45, 7) is 8.68. The number of amides is 2. The Morgan fingerprint density at radius 1 is 0.923 bits per heavy atom. The molecule has 1 N–H and O–H groups in total. The van der Waals surface area contributed by atoms with Gasteiger partial charge in [0.1, 0.15) is 12.6 Å². The molecule has 3 rings (SSSR count). The number of halogens is 2. The van der Waals surface area contributed by atoms with Gasteiger partial charge in [-0.25, -0.2) is 8.42 Å². The molecule has 1 unspecified atom stereocenters. The number of nitrogens with zero attached hydrogens (tertiary/aromatic N) is 2. The van der Waals surface area contributed by atoms with Crippen LogP contribution in [0.15, 0.2) is 65.6 Å². The summed E-state index contributed by atoms with van der Waals surface area (Å²) in [7, 11) is -4.15. The lowest BCUT2D eigenvalue weighted by molar-refractivity contribution is -0.139. The monoisotopic (exact) mass is 589 g/mol. The molecule has 0 aliphatic carbocycles. The summed E-state index contributed by atoms with van der Waals surface area (Å²) in [6, 6.07) is 15.8. The van der Waals surface area contributed by atoms with Gasteiger partial charge in [-0.2, -0.15) is 0 Å². The van der Waals surface area contributed by atoms with E-state index in [1.54, 1.807) is 63.2 Å². The number of carbonyl (C=O) groups excluding carboxylic acids is 2. The Balaban J connectivity index is 2.10. The van der Waals surface area contributed by atoms with Crippen molar-refractivity contribution in [2.45, 2.75) is 52.1 Å². The van der Waals surface area contributed by atoms with Crippen molar-refractivity contribution in [2.24, 2.45) is 0 Å². The molecule has 0 aromatic heterocycles. The summed E-state index contributed by atoms with van der Waals surface area (Å²) < 4.78 is 29.0. The number of likely N-dealkylation sites (N-methyl/N-ethyl adjacent to an activating group) is 1. The molecule has 0 radical (unpaired) electrons. The number of hydrogen-bond donors (Lipinski definition) is 1. The SMILES string of the molecule is CCNC(=O)C(C)N(Cc1c(Cl)cccc1Cl)C(=O)CN(c1ccc(C)cc1C)S(=O)(=O)c1ccc(C)cc1. The molecule has 0 spiro atoms. The van der Waals surface area contributed by atoms with Gasteiger partial charge in [-0.05, 0) is 70.5 Å². The summed E-state index contributed by atoms with van der Waals surface area (Å²) in [5, 5.41) is 3.40. The Labute approximate surface area is 240 Å². The quantitative estimate of drug-likeness (QED) is 0.330. The largest absolute Gasteiger partial charge is 0.355 e. The molecule has 0 aliphatic heterocycles. The molecular weight excluding hydrogens is 557 g/mol. The highest BCUT2D eigenvalue weighted by atomic mass is 35.5. The standard InChI is InChI=1S/C29H33Cl2N3O4S/c1-6-32-29(36)22(5)33(17-24-25(30)8-7-9-26(24)31)28(35)18-34(27-15-12-20(3)16-21(27)4)39(37,38)23-13-10-19(2)11-14-23/h7-16,22H,6,17-18H2,1-5H3,(H,32,36). The number of benzene rings is 3. The lowest BCUT2D eigenvalue weighted by Gasteiger charge is -2.32. The Morgan fingerprint density at radius 3 is 2.08 bits per heavy atom. The predicted octanol–water partition coefficient (Wildman–Crippen LogP) is 5.67. The first kappa shape index (κ1) is 30.5. The third-order valence-electron chi connectivity index (χ3n) is 6.42. The van der Waals surface area contributed by atoms with E-state index < -0.39 is 28.5 Å². The average Bonchev–Trinajstić information content (AvgIpc) is 2.87. The van der Waals surface area contributed by atoms with Crippen molar-refractivity contribution in [3.63, 3.8) is 0 Å². The van der Waals surface area contributed by atoms with Crippen molar-refractivity contribution in [1.29, 1.82) is 0 Å². The topological polar surface area (TPSA) is 86.8 Å². The van der Waals surface area contributed by atoms with E-state index in [0.717, 1.165) is 15.4 Å². The van der Waals surface area contributed by atoms with Gasteiger partial charge in [0.15, 0.2) is 0 Å². The van der Waals surface area contributed by atoms with Gasteiger partial charge in [0.2, 0.25) is 11.8 Å². The van der Waals surface area contributed by atoms with E-state index in [1.165, 1.54) is 17.0 Å². The third kappa shape index (κ3) is 7.12. The van der Waals surface area contributed by atoms with Crippen LogP contribution >= 0.6 is 23.2 Å². The molecule has 10 heteroatoms. The van der Waals surface area contributed by atoms with Crippen molar-refractivity contribution in [3.8, 4) is 0 Å². The molecule has 0 fully saturated rings. The summed E-state index contributed by atoms with van der Waals surface area (Å²) in [4.78, 5) is 28.2. The van der Waals surface area contributed by atoms with E-state index in [0.29, 0.717) is 33.4 Å². The van der Waals surface area contributed by atoms with Crippen molar-refractivity contribution >= 4 is 50.7 Å². The van der Waals surface area contributed by atoms with Crippen LogP contribution in [0.2, 0.25) is 10.0 Å². The van der Waals surface area contributed by atoms with Gasteiger partial charge in [-0.1, -0.05) is 64.7 Å². The molecule has 1 atom stereocenters. The lowest BCUT2D eigenvalue weighted by Crippen LogP contribution is -2.51. The number of aryl methyl sites for hydroxylation is 3. The first-order chi connectivity index (χ1) is 18.4. The molecule has 3 aromatic rings. The Morgan fingerprint density at radius 2 is 1.51 bits per heavy atom. The van der Waals surface area contributed by atoms with Crippen LogP contribution < -0.4 is 9.62 Å². The molecule has 7 nitrogen and oxygen atoms in total. The van der Waals surface area contributed by atoms with Crippen LogP contribution in [-0.2, 0) is 26.2 Å². The molecule has 0 bridgehead atoms. The average molecular weight is 591 g/mol. The van der Waals surface area contributed by atoms with Crippen molar-refractivity contribution in [2.75, 3.05) is 17.4 Å². The molecule has 0 heterocycles. The minimum absolute atomic E-state index is 0.0540. The van der Waals surface area contributed by atoms with E-state index in [2.05, 4.69) is 5.32 Å². The fourth-order valence-corrected chi connectivity index (χ4v) is 6.19. The molecular formula is C29H33Cl2N3O4S. The van der Waals surface area contributed by atoms with Gasteiger partial charge >= 0.3 is 0 Å². The van der Waals surface area contributed by atoms with Crippen LogP contribution in [0.25, 0.3) is 0 Å². The first-order valence-corrected chi connectivity index (χ1v) is 14.7. The minimum atomic E-state index is -4.15. The van der Waals surface area contributed by atoms with E-state index >= 15 is 0 Å². The molecule has 0 saturated carbocycles. The number of anilines is 1. The van der Waals surface area contributed by atoms with Gasteiger partial charge in [-0.15, -0.1) is 0 Å². The highest BCUT2D eigenvalue weighted by molar-refractivity contribution is 7.92. The van der Waals surface area contributed by atoms with E-state index in [-0.39, 0.29) is 17.3 Å². The minimum Gasteiger partial charge on any atom is -0.355 e. The van der Waals surface area contributed by atoms with Crippen LogP contribution in [0.5, 0.6) is 0 Å². The fourth-order valence-electron chi connectivity index (χ4n) is 4.19. The second-order valence-electron chi connectivity index (χ2n) is 9.41. The van der Waals surface area contributed by atoms with Crippen molar-refractivity contribution in [3.05, 3.63) is 93.0 Å². The Bertz CT molecular complexity index is 1440. The third-order valence-corrected chi connectivity index (χ3v) is 8.90. The van der Waals surface area contributed by atoms with E-state index in [1.807, 2.05) is 19.9 Å².